The summed E-state index contributed by atoms with van der Waals surface area (Å²) in [6.07, 6.45) is 3.91. The molecule has 0 unspecified atom stereocenters. The van der Waals surface area contributed by atoms with Gasteiger partial charge in [0, 0.05) is 10.5 Å². The molecule has 2 N–H and O–H groups in total. The molecule has 1 fully saturated rings. The number of hydrogen-bond donors (Lipinski definition) is 2. The first-order chi connectivity index (χ1) is 9.87. The third-order valence-electron chi connectivity index (χ3n) is 3.70. The lowest BCUT2D eigenvalue weighted by Gasteiger charge is -2.26. The average Bonchev–Trinajstić information content (AvgIpc) is 2.41. The summed E-state index contributed by atoms with van der Waals surface area (Å²) in [7, 11) is -3.82. The van der Waals surface area contributed by atoms with Crippen LogP contribution in [0.2, 0.25) is 0 Å². The normalized spacial score (nSPS) is 22.6. The number of hydrogen-bond acceptors (Lipinski definition) is 3. The van der Waals surface area contributed by atoms with Gasteiger partial charge in [0.2, 0.25) is 0 Å². The highest BCUT2D eigenvalue weighted by atomic mass is 79.9. The van der Waals surface area contributed by atoms with Gasteiger partial charge in [0.05, 0.1) is 4.90 Å². The third-order valence-corrected chi connectivity index (χ3v) is 5.58. The van der Waals surface area contributed by atoms with E-state index in [4.69, 9.17) is 0 Å². The van der Waals surface area contributed by atoms with Crippen LogP contribution < -0.4 is 10.0 Å². The van der Waals surface area contributed by atoms with Crippen LogP contribution in [0.4, 0.5) is 4.79 Å². The van der Waals surface area contributed by atoms with Crippen molar-refractivity contribution >= 4 is 32.0 Å². The Bertz CT molecular complexity index is 593. The number of nitrogens with one attached hydrogen (secondary N) is 2. The molecule has 116 valence electrons. The van der Waals surface area contributed by atoms with Crippen molar-refractivity contribution in [3.63, 3.8) is 0 Å². The van der Waals surface area contributed by atoms with E-state index in [2.05, 4.69) is 32.9 Å². The minimum absolute atomic E-state index is 0.0568. The number of urea groups is 1. The molecule has 1 aliphatic rings. The molecule has 1 saturated carbocycles. The predicted octanol–water partition coefficient (Wildman–Crippen LogP) is 3.02. The molecule has 0 spiro atoms. The first kappa shape index (κ1) is 16.3. The van der Waals surface area contributed by atoms with Gasteiger partial charge in [0.15, 0.2) is 0 Å². The summed E-state index contributed by atoms with van der Waals surface area (Å²) >= 11 is 3.24. The van der Waals surface area contributed by atoms with Crippen LogP contribution in [-0.4, -0.2) is 20.5 Å². The van der Waals surface area contributed by atoms with E-state index in [1.807, 2.05) is 0 Å². The lowest BCUT2D eigenvalue weighted by Crippen LogP contribution is -2.45. The number of carbonyl (C=O) groups is 1. The molecule has 1 aliphatic carbocycles. The van der Waals surface area contributed by atoms with Crippen LogP contribution in [-0.2, 0) is 10.0 Å². The van der Waals surface area contributed by atoms with E-state index >= 15 is 0 Å². The minimum Gasteiger partial charge on any atom is -0.335 e. The molecule has 21 heavy (non-hydrogen) atoms. The zero-order valence-corrected chi connectivity index (χ0v) is 14.2. The molecular weight excluding hydrogens is 356 g/mol. The van der Waals surface area contributed by atoms with Crippen molar-refractivity contribution in [2.45, 2.75) is 43.5 Å². The monoisotopic (exact) mass is 374 g/mol. The Hall–Kier alpha value is -1.08. The van der Waals surface area contributed by atoms with Gasteiger partial charge in [-0.25, -0.2) is 17.9 Å². The molecule has 0 aromatic heterocycles. The number of halogens is 1. The number of carbonyl (C=O) groups excluding carboxylic acids is 1. The van der Waals surface area contributed by atoms with Gasteiger partial charge in [0.25, 0.3) is 10.0 Å². The number of benzene rings is 1. The highest BCUT2D eigenvalue weighted by Crippen LogP contribution is 2.23. The minimum atomic E-state index is -3.82. The highest BCUT2D eigenvalue weighted by Gasteiger charge is 2.22. The van der Waals surface area contributed by atoms with Crippen LogP contribution >= 0.6 is 15.9 Å². The summed E-state index contributed by atoms with van der Waals surface area (Å²) in [5.74, 6) is 0.678. The van der Waals surface area contributed by atoms with E-state index in [0.717, 1.165) is 30.2 Å². The van der Waals surface area contributed by atoms with Crippen molar-refractivity contribution in [3.05, 3.63) is 28.7 Å². The summed E-state index contributed by atoms with van der Waals surface area (Å²) in [6, 6.07) is 5.53. The van der Waals surface area contributed by atoms with Crippen molar-refractivity contribution in [1.82, 2.24) is 10.0 Å². The molecule has 0 bridgehead atoms. The Morgan fingerprint density at radius 1 is 1.14 bits per heavy atom. The van der Waals surface area contributed by atoms with Crippen LogP contribution in [0.5, 0.6) is 0 Å². The fourth-order valence-corrected chi connectivity index (χ4v) is 3.59. The summed E-state index contributed by atoms with van der Waals surface area (Å²) in [5.41, 5.74) is 0. The number of sulfonamides is 1. The van der Waals surface area contributed by atoms with E-state index in [1.165, 1.54) is 12.1 Å². The van der Waals surface area contributed by atoms with E-state index in [1.54, 1.807) is 12.1 Å². The molecule has 0 saturated heterocycles. The molecule has 2 amide bonds. The molecule has 5 nitrogen and oxygen atoms in total. The fourth-order valence-electron chi connectivity index (χ4n) is 2.41. The maximum atomic E-state index is 12.1. The molecule has 1 aromatic carbocycles. The lowest BCUT2D eigenvalue weighted by molar-refractivity contribution is 0.233. The molecule has 7 heteroatoms. The SMILES string of the molecule is CC1CCC(NC(=O)NS(=O)(=O)c2ccc(Br)cc2)CC1. The second kappa shape index (κ2) is 6.79. The first-order valence-electron chi connectivity index (χ1n) is 6.96. The standard InChI is InChI=1S/C14H19BrN2O3S/c1-10-2-6-12(7-3-10)16-14(18)17-21(19,20)13-8-4-11(15)5-9-13/h4-5,8-10,12H,2-3,6-7H2,1H3,(H2,16,17,18). The van der Waals surface area contributed by atoms with Crippen LogP contribution in [0.25, 0.3) is 0 Å². The maximum Gasteiger partial charge on any atom is 0.328 e. The molecule has 0 aliphatic heterocycles. The smallest absolute Gasteiger partial charge is 0.328 e. The van der Waals surface area contributed by atoms with Gasteiger partial charge >= 0.3 is 6.03 Å². The Kier molecular flexibility index (Phi) is 5.27. The van der Waals surface area contributed by atoms with E-state index in [9.17, 15) is 13.2 Å². The van der Waals surface area contributed by atoms with Crippen molar-refractivity contribution < 1.29 is 13.2 Å². The van der Waals surface area contributed by atoms with Gasteiger partial charge in [-0.05, 0) is 55.9 Å². The average molecular weight is 375 g/mol. The summed E-state index contributed by atoms with van der Waals surface area (Å²) in [4.78, 5) is 11.9. The van der Waals surface area contributed by atoms with Gasteiger partial charge in [-0.2, -0.15) is 0 Å². The van der Waals surface area contributed by atoms with Crippen LogP contribution in [0.15, 0.2) is 33.6 Å². The number of rotatable bonds is 3. The summed E-state index contributed by atoms with van der Waals surface area (Å²) in [6.45, 7) is 2.19. The first-order valence-corrected chi connectivity index (χ1v) is 9.23. The van der Waals surface area contributed by atoms with Crippen LogP contribution in [0.3, 0.4) is 0 Å². The Morgan fingerprint density at radius 3 is 2.29 bits per heavy atom. The van der Waals surface area contributed by atoms with Gasteiger partial charge in [-0.15, -0.1) is 0 Å². The van der Waals surface area contributed by atoms with Gasteiger partial charge in [-0.3, -0.25) is 0 Å². The summed E-state index contributed by atoms with van der Waals surface area (Å²) in [5, 5.41) is 2.74. The fraction of sp³-hybridized carbons (Fsp3) is 0.500. The van der Waals surface area contributed by atoms with Crippen molar-refractivity contribution in [2.24, 2.45) is 5.92 Å². The van der Waals surface area contributed by atoms with Crippen molar-refractivity contribution in [3.8, 4) is 0 Å². The van der Waals surface area contributed by atoms with E-state index in [-0.39, 0.29) is 10.9 Å². The molecular formula is C14H19BrN2O3S. The quantitative estimate of drug-likeness (QED) is 0.853. The second-order valence-electron chi connectivity index (χ2n) is 5.49. The Morgan fingerprint density at radius 2 is 1.71 bits per heavy atom. The van der Waals surface area contributed by atoms with Gasteiger partial charge in [-0.1, -0.05) is 22.9 Å². The predicted molar refractivity (Wildman–Crippen MR) is 84.4 cm³/mol. The van der Waals surface area contributed by atoms with E-state index in [0.29, 0.717) is 5.92 Å². The van der Waals surface area contributed by atoms with Gasteiger partial charge in [0.1, 0.15) is 0 Å². The second-order valence-corrected chi connectivity index (χ2v) is 8.09. The largest absolute Gasteiger partial charge is 0.335 e. The van der Waals surface area contributed by atoms with Crippen molar-refractivity contribution in [1.29, 1.82) is 0 Å². The zero-order valence-electron chi connectivity index (χ0n) is 11.8. The van der Waals surface area contributed by atoms with Crippen LogP contribution in [0.1, 0.15) is 32.6 Å². The van der Waals surface area contributed by atoms with Gasteiger partial charge < -0.3 is 5.32 Å². The van der Waals surface area contributed by atoms with E-state index < -0.39 is 16.1 Å². The zero-order chi connectivity index (χ0) is 15.5. The Balaban J connectivity index is 1.93. The topological polar surface area (TPSA) is 75.3 Å². The molecule has 0 atom stereocenters. The molecule has 1 aromatic rings. The molecule has 2 rings (SSSR count). The highest BCUT2D eigenvalue weighted by molar-refractivity contribution is 9.10. The number of amides is 2. The Labute approximate surface area is 133 Å². The summed E-state index contributed by atoms with van der Waals surface area (Å²) < 4.78 is 27.0. The van der Waals surface area contributed by atoms with Crippen molar-refractivity contribution in [2.75, 3.05) is 0 Å². The molecule has 0 heterocycles. The maximum absolute atomic E-state index is 12.1. The lowest BCUT2D eigenvalue weighted by atomic mass is 9.87. The van der Waals surface area contributed by atoms with Crippen LogP contribution in [0, 0.1) is 5.92 Å². The molecule has 0 radical (unpaired) electrons. The third kappa shape index (κ3) is 4.71.